The molecule has 4 N–H and O–H groups in total. The van der Waals surface area contributed by atoms with Crippen LogP contribution in [0.2, 0.25) is 0 Å². The Bertz CT molecular complexity index is 1030. The molecule has 0 spiro atoms. The van der Waals surface area contributed by atoms with Crippen LogP contribution in [0.3, 0.4) is 0 Å². The molecule has 0 saturated carbocycles. The van der Waals surface area contributed by atoms with Crippen LogP contribution < -0.4 is 31.5 Å². The number of carbonyl (C=O) groups excluding carboxylic acids is 1. The fourth-order valence-electron chi connectivity index (χ4n) is 3.52. The van der Waals surface area contributed by atoms with Crippen LogP contribution in [0.4, 0.5) is 27.9 Å². The number of hydrogen-bond acceptors (Lipinski definition) is 8. The first-order valence-electron chi connectivity index (χ1n) is 9.52. The average molecular weight is 408 g/mol. The maximum Gasteiger partial charge on any atom is 0.275 e. The molecule has 0 atom stereocenters. The molecule has 29 heavy (non-hydrogen) atoms. The standard InChI is InChI=1S/C20H21N7OS/c28-19(22-14-5-1-3-7-17(14)26-11-9-21-10-12-26)16-13-29-20(23-16)27-18-8-4-2-6-15(18)24-25-27/h1-8,13,21,24-25H,9-12H2,(H,22,28). The fraction of sp³-hybridized carbons (Fsp3) is 0.200. The van der Waals surface area contributed by atoms with Crippen LogP contribution in [0, 0.1) is 0 Å². The van der Waals surface area contributed by atoms with Crippen LogP contribution in [0.15, 0.2) is 53.9 Å². The highest BCUT2D eigenvalue weighted by atomic mass is 32.1. The van der Waals surface area contributed by atoms with Gasteiger partial charge in [-0.3, -0.25) is 4.79 Å². The van der Waals surface area contributed by atoms with Gasteiger partial charge in [0, 0.05) is 31.6 Å². The molecule has 0 aliphatic carbocycles. The highest BCUT2D eigenvalue weighted by Crippen LogP contribution is 2.35. The van der Waals surface area contributed by atoms with Crippen molar-refractivity contribution in [2.75, 3.05) is 46.8 Å². The van der Waals surface area contributed by atoms with Crippen molar-refractivity contribution in [3.05, 3.63) is 59.6 Å². The number of thiazole rings is 1. The number of nitrogens with zero attached hydrogens (tertiary/aromatic N) is 3. The maximum atomic E-state index is 12.9. The topological polar surface area (TPSA) is 84.6 Å². The molecule has 8 nitrogen and oxygen atoms in total. The second-order valence-corrected chi connectivity index (χ2v) is 7.65. The van der Waals surface area contributed by atoms with Gasteiger partial charge in [-0.2, -0.15) is 0 Å². The molecule has 1 amide bonds. The van der Waals surface area contributed by atoms with Crippen LogP contribution in [0.5, 0.6) is 0 Å². The molecule has 3 heterocycles. The van der Waals surface area contributed by atoms with Gasteiger partial charge in [-0.05, 0) is 24.3 Å². The first-order chi connectivity index (χ1) is 14.3. The second kappa shape index (κ2) is 7.70. The van der Waals surface area contributed by atoms with E-state index in [1.54, 1.807) is 5.38 Å². The van der Waals surface area contributed by atoms with Gasteiger partial charge in [0.1, 0.15) is 5.69 Å². The summed E-state index contributed by atoms with van der Waals surface area (Å²) in [6, 6.07) is 15.8. The van der Waals surface area contributed by atoms with Crippen molar-refractivity contribution >= 4 is 45.1 Å². The summed E-state index contributed by atoms with van der Waals surface area (Å²) >= 11 is 1.41. The molecular formula is C20H21N7OS. The first kappa shape index (κ1) is 17.9. The summed E-state index contributed by atoms with van der Waals surface area (Å²) in [5, 5.41) is 10.7. The summed E-state index contributed by atoms with van der Waals surface area (Å²) < 4.78 is 0. The van der Waals surface area contributed by atoms with E-state index in [1.807, 2.05) is 53.5 Å². The van der Waals surface area contributed by atoms with Gasteiger partial charge < -0.3 is 21.0 Å². The molecule has 3 aromatic rings. The molecule has 2 aliphatic heterocycles. The number of aromatic nitrogens is 1. The number of nitrogens with one attached hydrogen (secondary N) is 4. The smallest absolute Gasteiger partial charge is 0.275 e. The van der Waals surface area contributed by atoms with Crippen LogP contribution in [-0.2, 0) is 0 Å². The minimum absolute atomic E-state index is 0.212. The van der Waals surface area contributed by atoms with Gasteiger partial charge in [0.2, 0.25) is 5.13 Å². The molecule has 1 aromatic heterocycles. The highest BCUT2D eigenvalue weighted by molar-refractivity contribution is 7.14. The quantitative estimate of drug-likeness (QED) is 0.529. The first-order valence-corrected chi connectivity index (χ1v) is 10.4. The van der Waals surface area contributed by atoms with Crippen molar-refractivity contribution in [1.29, 1.82) is 0 Å². The second-order valence-electron chi connectivity index (χ2n) is 6.81. The van der Waals surface area contributed by atoms with E-state index in [2.05, 4.69) is 31.5 Å². The van der Waals surface area contributed by atoms with E-state index in [0.717, 1.165) is 48.9 Å². The predicted molar refractivity (Wildman–Crippen MR) is 117 cm³/mol. The number of hydrazine groups is 2. The van der Waals surface area contributed by atoms with Gasteiger partial charge in [0.15, 0.2) is 0 Å². The van der Waals surface area contributed by atoms with Crippen LogP contribution in [0.25, 0.3) is 0 Å². The Hall–Kier alpha value is -3.14. The number of benzene rings is 2. The molecule has 0 bridgehead atoms. The lowest BCUT2D eigenvalue weighted by atomic mass is 10.2. The minimum Gasteiger partial charge on any atom is -0.367 e. The summed E-state index contributed by atoms with van der Waals surface area (Å²) in [6.07, 6.45) is 0. The molecule has 148 valence electrons. The Balaban J connectivity index is 1.34. The van der Waals surface area contributed by atoms with Gasteiger partial charge in [0.25, 0.3) is 5.91 Å². The summed E-state index contributed by atoms with van der Waals surface area (Å²) in [6.45, 7) is 3.72. The van der Waals surface area contributed by atoms with Crippen LogP contribution in [-0.4, -0.2) is 37.1 Å². The average Bonchev–Trinajstić information content (AvgIpc) is 3.42. The van der Waals surface area contributed by atoms with E-state index in [1.165, 1.54) is 11.3 Å². The molecule has 1 fully saturated rings. The van der Waals surface area contributed by atoms with Crippen molar-refractivity contribution in [2.24, 2.45) is 0 Å². The van der Waals surface area contributed by atoms with Crippen molar-refractivity contribution in [3.8, 4) is 0 Å². The molecule has 2 aromatic carbocycles. The fourth-order valence-corrected chi connectivity index (χ4v) is 4.30. The zero-order chi connectivity index (χ0) is 19.6. The lowest BCUT2D eigenvalue weighted by molar-refractivity contribution is 0.102. The van der Waals surface area contributed by atoms with Crippen molar-refractivity contribution in [1.82, 2.24) is 15.8 Å². The van der Waals surface area contributed by atoms with E-state index in [0.29, 0.717) is 10.8 Å². The zero-order valence-corrected chi connectivity index (χ0v) is 16.5. The van der Waals surface area contributed by atoms with Gasteiger partial charge in [-0.15, -0.1) is 16.9 Å². The molecule has 5 rings (SSSR count). The van der Waals surface area contributed by atoms with Gasteiger partial charge >= 0.3 is 0 Å². The number of rotatable bonds is 4. The maximum absolute atomic E-state index is 12.9. The Labute approximate surface area is 172 Å². The predicted octanol–water partition coefficient (Wildman–Crippen LogP) is 2.79. The highest BCUT2D eigenvalue weighted by Gasteiger charge is 2.23. The number of anilines is 5. The van der Waals surface area contributed by atoms with Crippen molar-refractivity contribution < 1.29 is 4.79 Å². The summed E-state index contributed by atoms with van der Waals surface area (Å²) in [5.41, 5.74) is 10.4. The number of carbonyl (C=O) groups is 1. The third kappa shape index (κ3) is 3.51. The summed E-state index contributed by atoms with van der Waals surface area (Å²) in [7, 11) is 0. The number of para-hydroxylation sites is 4. The Morgan fingerprint density at radius 3 is 2.66 bits per heavy atom. The van der Waals surface area contributed by atoms with E-state index in [4.69, 9.17) is 0 Å². The van der Waals surface area contributed by atoms with Gasteiger partial charge in [0.05, 0.1) is 22.7 Å². The number of amides is 1. The van der Waals surface area contributed by atoms with E-state index >= 15 is 0 Å². The Morgan fingerprint density at radius 1 is 1.03 bits per heavy atom. The van der Waals surface area contributed by atoms with Crippen molar-refractivity contribution in [2.45, 2.75) is 0 Å². The zero-order valence-electron chi connectivity index (χ0n) is 15.7. The summed E-state index contributed by atoms with van der Waals surface area (Å²) in [5.74, 6) is -0.212. The SMILES string of the molecule is O=C(Nc1ccccc1N1CCNCC1)c1csc(N2NNc3ccccc32)n1. The van der Waals surface area contributed by atoms with E-state index in [9.17, 15) is 4.79 Å². The van der Waals surface area contributed by atoms with Crippen LogP contribution >= 0.6 is 11.3 Å². The molecule has 9 heteroatoms. The molecule has 0 radical (unpaired) electrons. The molecule has 2 aliphatic rings. The number of piperazine rings is 1. The monoisotopic (exact) mass is 407 g/mol. The van der Waals surface area contributed by atoms with E-state index < -0.39 is 0 Å². The largest absolute Gasteiger partial charge is 0.367 e. The Kier molecular flexibility index (Phi) is 4.76. The van der Waals surface area contributed by atoms with E-state index in [-0.39, 0.29) is 5.91 Å². The van der Waals surface area contributed by atoms with Gasteiger partial charge in [-0.25, -0.2) is 9.99 Å². The molecule has 1 saturated heterocycles. The number of hydrogen-bond donors (Lipinski definition) is 4. The summed E-state index contributed by atoms with van der Waals surface area (Å²) in [4.78, 5) is 19.7. The third-order valence-electron chi connectivity index (χ3n) is 4.97. The minimum atomic E-state index is -0.212. The molecular weight excluding hydrogens is 386 g/mol. The molecule has 0 unspecified atom stereocenters. The van der Waals surface area contributed by atoms with Crippen molar-refractivity contribution in [3.63, 3.8) is 0 Å². The van der Waals surface area contributed by atoms with Gasteiger partial charge in [-0.1, -0.05) is 24.3 Å². The number of fused-ring (bicyclic) bond motifs is 1. The third-order valence-corrected chi connectivity index (χ3v) is 5.80. The normalized spacial score (nSPS) is 15.7. The lowest BCUT2D eigenvalue weighted by Gasteiger charge is -2.31. The lowest BCUT2D eigenvalue weighted by Crippen LogP contribution is -2.43. The Morgan fingerprint density at radius 2 is 1.79 bits per heavy atom. The van der Waals surface area contributed by atoms with Crippen LogP contribution in [0.1, 0.15) is 10.5 Å².